The van der Waals surface area contributed by atoms with Gasteiger partial charge in [-0.2, -0.15) is 0 Å². The van der Waals surface area contributed by atoms with Crippen molar-refractivity contribution in [3.05, 3.63) is 0 Å². The van der Waals surface area contributed by atoms with Crippen LogP contribution in [0.2, 0.25) is 0 Å². The molecule has 0 radical (unpaired) electrons. The number of carbonyl (C=O) groups excluding carboxylic acids is 1. The first-order valence-corrected chi connectivity index (χ1v) is 5.45. The lowest BCUT2D eigenvalue weighted by Gasteiger charge is -2.19. The van der Waals surface area contributed by atoms with Crippen LogP contribution < -0.4 is 5.73 Å². The van der Waals surface area contributed by atoms with Crippen LogP contribution in [0.4, 0.5) is 0 Å². The maximum Gasteiger partial charge on any atom is 0.323 e. The molecule has 1 unspecified atom stereocenters. The van der Waals surface area contributed by atoms with Crippen LogP contribution in [0.25, 0.3) is 0 Å². The molecule has 2 atom stereocenters. The van der Waals surface area contributed by atoms with Crippen LogP contribution in [0.5, 0.6) is 0 Å². The molecule has 0 fully saturated rings. The van der Waals surface area contributed by atoms with Crippen LogP contribution in [0, 0.1) is 5.92 Å². The van der Waals surface area contributed by atoms with Crippen molar-refractivity contribution < 1.29 is 9.53 Å². The number of ether oxygens (including phenoxy) is 1. The zero-order chi connectivity index (χ0) is 11.1. The second-order valence-corrected chi connectivity index (χ2v) is 4.13. The summed E-state index contributed by atoms with van der Waals surface area (Å²) in [7, 11) is 0. The Kier molecular flexibility index (Phi) is 6.54. The fourth-order valence-corrected chi connectivity index (χ4v) is 0.949. The number of unbranched alkanes of at least 4 members (excludes halogenated alkanes) is 1. The first kappa shape index (κ1) is 13.4. The van der Waals surface area contributed by atoms with Gasteiger partial charge in [-0.15, -0.1) is 0 Å². The van der Waals surface area contributed by atoms with Crippen LogP contribution in [0.15, 0.2) is 0 Å². The zero-order valence-electron chi connectivity index (χ0n) is 9.75. The van der Waals surface area contributed by atoms with Gasteiger partial charge in [0.2, 0.25) is 0 Å². The molecule has 0 heterocycles. The van der Waals surface area contributed by atoms with Crippen molar-refractivity contribution in [2.24, 2.45) is 11.7 Å². The lowest BCUT2D eigenvalue weighted by molar-refractivity contribution is -0.152. The minimum Gasteiger partial charge on any atom is -0.461 e. The molecule has 0 aromatic heterocycles. The average molecular weight is 201 g/mol. The summed E-state index contributed by atoms with van der Waals surface area (Å²) in [5.74, 6) is 0.0805. The summed E-state index contributed by atoms with van der Waals surface area (Å²) < 4.78 is 5.21. The van der Waals surface area contributed by atoms with Gasteiger partial charge in [0.25, 0.3) is 0 Å². The van der Waals surface area contributed by atoms with Crippen LogP contribution in [-0.4, -0.2) is 18.1 Å². The number of nitrogens with two attached hydrogens (primary N) is 1. The van der Waals surface area contributed by atoms with E-state index in [9.17, 15) is 4.79 Å². The van der Waals surface area contributed by atoms with Gasteiger partial charge in [-0.25, -0.2) is 0 Å². The second kappa shape index (κ2) is 6.82. The van der Waals surface area contributed by atoms with Gasteiger partial charge < -0.3 is 10.5 Å². The third-order valence-corrected chi connectivity index (χ3v) is 2.41. The van der Waals surface area contributed by atoms with Crippen molar-refractivity contribution in [1.82, 2.24) is 0 Å². The summed E-state index contributed by atoms with van der Waals surface area (Å²) in [6.07, 6.45) is 2.71. The molecule has 0 aliphatic carbocycles. The Balaban J connectivity index is 3.82. The fraction of sp³-hybridized carbons (Fsp3) is 0.909. The van der Waals surface area contributed by atoms with Gasteiger partial charge in [-0.1, -0.05) is 33.6 Å². The number of carbonyl (C=O) groups is 1. The number of esters is 1. The van der Waals surface area contributed by atoms with E-state index in [1.165, 1.54) is 0 Å². The minimum atomic E-state index is -0.448. The first-order chi connectivity index (χ1) is 6.49. The summed E-state index contributed by atoms with van der Waals surface area (Å²) in [5, 5.41) is 0. The van der Waals surface area contributed by atoms with Crippen molar-refractivity contribution >= 4 is 5.97 Å². The predicted octanol–water partition coefficient (Wildman–Crippen LogP) is 2.09. The maximum atomic E-state index is 11.4. The molecular formula is C11H23NO2. The van der Waals surface area contributed by atoms with E-state index >= 15 is 0 Å². The minimum absolute atomic E-state index is 0.0461. The molecule has 0 saturated carbocycles. The average Bonchev–Trinajstić information content (AvgIpc) is 2.13. The third kappa shape index (κ3) is 5.22. The van der Waals surface area contributed by atoms with Crippen molar-refractivity contribution in [3.8, 4) is 0 Å². The highest BCUT2D eigenvalue weighted by molar-refractivity contribution is 5.75. The van der Waals surface area contributed by atoms with Gasteiger partial charge in [0.1, 0.15) is 12.1 Å². The van der Waals surface area contributed by atoms with Crippen molar-refractivity contribution in [1.29, 1.82) is 0 Å². The van der Waals surface area contributed by atoms with E-state index in [0.29, 0.717) is 5.92 Å². The highest BCUT2D eigenvalue weighted by Crippen LogP contribution is 2.08. The van der Waals surface area contributed by atoms with E-state index in [4.69, 9.17) is 10.5 Å². The van der Waals surface area contributed by atoms with E-state index in [1.54, 1.807) is 0 Å². The molecule has 0 aliphatic heterocycles. The number of hydrogen-bond acceptors (Lipinski definition) is 3. The Morgan fingerprint density at radius 2 is 1.93 bits per heavy atom. The van der Waals surface area contributed by atoms with E-state index in [2.05, 4.69) is 6.92 Å². The molecule has 3 heteroatoms. The molecule has 0 bridgehead atoms. The Labute approximate surface area is 87.0 Å². The fourth-order valence-electron chi connectivity index (χ4n) is 0.949. The monoisotopic (exact) mass is 201 g/mol. The van der Waals surface area contributed by atoms with E-state index in [0.717, 1.165) is 19.3 Å². The standard InChI is InChI=1S/C11H23NO2/c1-5-6-7-10(12)11(13)14-9(4)8(2)3/h8-10H,5-7,12H2,1-4H3/t9?,10-/m0/s1. The summed E-state index contributed by atoms with van der Waals surface area (Å²) >= 11 is 0. The molecule has 2 N–H and O–H groups in total. The van der Waals surface area contributed by atoms with Crippen LogP contribution >= 0.6 is 0 Å². The highest BCUT2D eigenvalue weighted by Gasteiger charge is 2.18. The van der Waals surface area contributed by atoms with Gasteiger partial charge in [0, 0.05) is 0 Å². The lowest BCUT2D eigenvalue weighted by Crippen LogP contribution is -2.35. The quantitative estimate of drug-likeness (QED) is 0.669. The molecule has 0 aliphatic rings. The van der Waals surface area contributed by atoms with Gasteiger partial charge in [0.15, 0.2) is 0 Å². The largest absolute Gasteiger partial charge is 0.461 e. The zero-order valence-corrected chi connectivity index (χ0v) is 9.75. The molecule has 0 saturated heterocycles. The lowest BCUT2D eigenvalue weighted by atomic mass is 10.1. The topological polar surface area (TPSA) is 52.3 Å². The van der Waals surface area contributed by atoms with Crippen LogP contribution in [-0.2, 0) is 9.53 Å². The van der Waals surface area contributed by atoms with Gasteiger partial charge in [-0.05, 0) is 19.3 Å². The summed E-state index contributed by atoms with van der Waals surface area (Å²) in [4.78, 5) is 11.4. The van der Waals surface area contributed by atoms with Crippen molar-refractivity contribution in [3.63, 3.8) is 0 Å². The van der Waals surface area contributed by atoms with Crippen LogP contribution in [0.3, 0.4) is 0 Å². The Bertz CT molecular complexity index is 169. The van der Waals surface area contributed by atoms with E-state index in [1.807, 2.05) is 20.8 Å². The first-order valence-electron chi connectivity index (χ1n) is 5.45. The molecule has 3 nitrogen and oxygen atoms in total. The Hall–Kier alpha value is -0.570. The molecule has 0 spiro atoms. The molecular weight excluding hydrogens is 178 g/mol. The van der Waals surface area contributed by atoms with Crippen molar-refractivity contribution in [2.45, 2.75) is 59.1 Å². The Morgan fingerprint density at radius 3 is 2.36 bits per heavy atom. The molecule has 14 heavy (non-hydrogen) atoms. The SMILES string of the molecule is CCCC[C@H](N)C(=O)OC(C)C(C)C. The third-order valence-electron chi connectivity index (χ3n) is 2.41. The molecule has 0 aromatic rings. The summed E-state index contributed by atoms with van der Waals surface area (Å²) in [5.41, 5.74) is 5.68. The number of hydrogen-bond donors (Lipinski definition) is 1. The number of rotatable bonds is 6. The van der Waals surface area contributed by atoms with Gasteiger partial charge in [0.05, 0.1) is 0 Å². The van der Waals surface area contributed by atoms with E-state index < -0.39 is 6.04 Å². The molecule has 0 amide bonds. The molecule has 84 valence electrons. The van der Waals surface area contributed by atoms with Gasteiger partial charge >= 0.3 is 5.97 Å². The predicted molar refractivity (Wildman–Crippen MR) is 57.9 cm³/mol. The molecule has 0 rings (SSSR count). The summed E-state index contributed by atoms with van der Waals surface area (Å²) in [6.45, 7) is 8.02. The Morgan fingerprint density at radius 1 is 1.36 bits per heavy atom. The second-order valence-electron chi connectivity index (χ2n) is 4.13. The smallest absolute Gasteiger partial charge is 0.323 e. The maximum absolute atomic E-state index is 11.4. The van der Waals surface area contributed by atoms with Crippen LogP contribution in [0.1, 0.15) is 47.0 Å². The van der Waals surface area contributed by atoms with Crippen molar-refractivity contribution in [2.75, 3.05) is 0 Å². The van der Waals surface area contributed by atoms with E-state index in [-0.39, 0.29) is 12.1 Å². The highest BCUT2D eigenvalue weighted by atomic mass is 16.5. The molecule has 0 aromatic carbocycles. The van der Waals surface area contributed by atoms with Gasteiger partial charge in [-0.3, -0.25) is 4.79 Å². The summed E-state index contributed by atoms with van der Waals surface area (Å²) in [6, 6.07) is -0.448. The normalized spacial score (nSPS) is 15.3.